The maximum absolute atomic E-state index is 6.55. The van der Waals surface area contributed by atoms with Gasteiger partial charge in [0.15, 0.2) is 0 Å². The lowest BCUT2D eigenvalue weighted by molar-refractivity contribution is 0.363. The molecule has 1 aliphatic carbocycles. The lowest BCUT2D eigenvalue weighted by Crippen LogP contribution is -2.53. The van der Waals surface area contributed by atoms with Gasteiger partial charge in [0, 0.05) is 15.6 Å². The molecule has 1 nitrogen and oxygen atoms in total. The maximum atomic E-state index is 6.55. The Hall–Kier alpha value is -2.00. The van der Waals surface area contributed by atoms with Gasteiger partial charge >= 0.3 is 0 Å². The average molecular weight is 482 g/mol. The number of fused-ring (bicyclic) bond motifs is 3. The zero-order valence-corrected chi connectivity index (χ0v) is 21.8. The summed E-state index contributed by atoms with van der Waals surface area (Å²) in [6, 6.07) is 19.5. The van der Waals surface area contributed by atoms with Gasteiger partial charge in [0.25, 0.3) is 0 Å². The SMILES string of the molecule is C=CCOc1c(C)cc(C)cc1[Si](CC)(CC)C1c2cc(Cl)ccc2-c2ccc(Cl)cc21. The van der Waals surface area contributed by atoms with Gasteiger partial charge in [-0.15, -0.1) is 0 Å². The number of aryl methyl sites for hydroxylation is 2. The van der Waals surface area contributed by atoms with Crippen LogP contribution in [0.25, 0.3) is 11.1 Å². The van der Waals surface area contributed by atoms with Gasteiger partial charge in [-0.3, -0.25) is 0 Å². The molecule has 0 heterocycles. The largest absolute Gasteiger partial charge is 0.489 e. The highest BCUT2D eigenvalue weighted by atomic mass is 35.5. The molecule has 1 aliphatic rings. The lowest BCUT2D eigenvalue weighted by atomic mass is 10.1. The fourth-order valence-corrected chi connectivity index (χ4v) is 11.3. The Morgan fingerprint density at radius 1 is 0.906 bits per heavy atom. The van der Waals surface area contributed by atoms with Crippen molar-refractivity contribution in [2.24, 2.45) is 0 Å². The highest BCUT2D eigenvalue weighted by Crippen LogP contribution is 2.52. The summed E-state index contributed by atoms with van der Waals surface area (Å²) in [5.41, 5.74) is 7.96. The highest BCUT2D eigenvalue weighted by molar-refractivity contribution is 6.94. The summed E-state index contributed by atoms with van der Waals surface area (Å²) in [4.78, 5) is 0. The molecule has 0 N–H and O–H groups in total. The molecule has 0 fully saturated rings. The van der Waals surface area contributed by atoms with Crippen LogP contribution >= 0.6 is 23.2 Å². The van der Waals surface area contributed by atoms with Crippen molar-refractivity contribution in [2.45, 2.75) is 45.3 Å². The van der Waals surface area contributed by atoms with E-state index in [0.29, 0.717) is 6.61 Å². The van der Waals surface area contributed by atoms with E-state index in [9.17, 15) is 0 Å². The van der Waals surface area contributed by atoms with Gasteiger partial charge in [0.2, 0.25) is 0 Å². The second kappa shape index (κ2) is 9.09. The van der Waals surface area contributed by atoms with Gasteiger partial charge in [0.05, 0.1) is 0 Å². The lowest BCUT2D eigenvalue weighted by Gasteiger charge is -2.39. The third kappa shape index (κ3) is 3.73. The van der Waals surface area contributed by atoms with Crippen LogP contribution in [0.2, 0.25) is 22.1 Å². The van der Waals surface area contributed by atoms with E-state index >= 15 is 0 Å². The second-order valence-corrected chi connectivity index (χ2v) is 14.5. The molecule has 0 radical (unpaired) electrons. The predicted molar refractivity (Wildman–Crippen MR) is 142 cm³/mol. The van der Waals surface area contributed by atoms with E-state index in [-0.39, 0.29) is 5.54 Å². The van der Waals surface area contributed by atoms with Gasteiger partial charge in [-0.2, -0.15) is 0 Å². The van der Waals surface area contributed by atoms with Crippen LogP contribution in [0.1, 0.15) is 41.6 Å². The van der Waals surface area contributed by atoms with Crippen LogP contribution in [-0.4, -0.2) is 14.7 Å². The monoisotopic (exact) mass is 480 g/mol. The second-order valence-electron chi connectivity index (χ2n) is 8.82. The van der Waals surface area contributed by atoms with Crippen LogP contribution in [0.5, 0.6) is 5.75 Å². The number of benzene rings is 3. The van der Waals surface area contributed by atoms with Crippen molar-refractivity contribution in [1.82, 2.24) is 0 Å². The van der Waals surface area contributed by atoms with E-state index in [2.05, 4.69) is 70.7 Å². The minimum atomic E-state index is -2.17. The molecule has 0 bridgehead atoms. The molecule has 0 saturated heterocycles. The smallest absolute Gasteiger partial charge is 0.121 e. The molecule has 0 unspecified atom stereocenters. The molecule has 4 heteroatoms. The van der Waals surface area contributed by atoms with Crippen LogP contribution in [0.4, 0.5) is 0 Å². The van der Waals surface area contributed by atoms with Crippen molar-refractivity contribution < 1.29 is 4.74 Å². The van der Waals surface area contributed by atoms with Crippen LogP contribution in [0, 0.1) is 13.8 Å². The van der Waals surface area contributed by atoms with Crippen LogP contribution in [0.15, 0.2) is 61.2 Å². The number of hydrogen-bond acceptors (Lipinski definition) is 1. The van der Waals surface area contributed by atoms with E-state index in [1.165, 1.54) is 38.6 Å². The Labute approximate surface area is 203 Å². The molecular formula is C28H30Cl2OSi. The van der Waals surface area contributed by atoms with Gasteiger partial charge in [-0.05, 0) is 71.1 Å². The molecule has 0 aliphatic heterocycles. The van der Waals surface area contributed by atoms with Crippen molar-refractivity contribution in [3.63, 3.8) is 0 Å². The summed E-state index contributed by atoms with van der Waals surface area (Å²) >= 11 is 13.1. The van der Waals surface area contributed by atoms with Gasteiger partial charge in [-0.1, -0.05) is 91.6 Å². The van der Waals surface area contributed by atoms with Crippen molar-refractivity contribution in [1.29, 1.82) is 0 Å². The number of halogens is 2. The molecule has 32 heavy (non-hydrogen) atoms. The summed E-state index contributed by atoms with van der Waals surface area (Å²) in [6.45, 7) is 13.4. The van der Waals surface area contributed by atoms with Gasteiger partial charge < -0.3 is 4.74 Å². The predicted octanol–water partition coefficient (Wildman–Crippen LogP) is 8.22. The first kappa shape index (κ1) is 23.2. The standard InChI is InChI=1S/C28H30Cl2OSi/c1-6-13-31-27-19(5)14-18(4)15-26(27)32(7-2,8-3)28-24-16-20(29)9-11-22(24)23-12-10-21(30)17-25(23)28/h6,9-12,14-17,28H,1,7-8,13H2,2-5H3. The van der Waals surface area contributed by atoms with E-state index in [1.807, 2.05) is 18.2 Å². The Kier molecular flexibility index (Phi) is 6.58. The van der Waals surface area contributed by atoms with Crippen molar-refractivity contribution >= 4 is 36.5 Å². The molecule has 0 spiro atoms. The van der Waals surface area contributed by atoms with E-state index in [1.54, 1.807) is 0 Å². The number of rotatable bonds is 7. The van der Waals surface area contributed by atoms with E-state index < -0.39 is 8.07 Å². The third-order valence-electron chi connectivity index (χ3n) is 7.05. The normalized spacial score (nSPS) is 13.1. The fraction of sp³-hybridized carbons (Fsp3) is 0.286. The van der Waals surface area contributed by atoms with Gasteiger partial charge in [0.1, 0.15) is 20.4 Å². The molecule has 0 atom stereocenters. The van der Waals surface area contributed by atoms with Crippen LogP contribution < -0.4 is 9.92 Å². The Bertz CT molecular complexity index is 1130. The van der Waals surface area contributed by atoms with Crippen LogP contribution in [-0.2, 0) is 0 Å². The topological polar surface area (TPSA) is 9.23 Å². The summed E-state index contributed by atoms with van der Waals surface area (Å²) in [7, 11) is -2.17. The molecular weight excluding hydrogens is 451 g/mol. The van der Waals surface area contributed by atoms with E-state index in [4.69, 9.17) is 27.9 Å². The summed E-state index contributed by atoms with van der Waals surface area (Å²) in [5.74, 6) is 1.03. The zero-order valence-electron chi connectivity index (χ0n) is 19.3. The molecule has 3 aromatic carbocycles. The molecule has 0 saturated carbocycles. The van der Waals surface area contributed by atoms with Crippen molar-refractivity contribution in [3.8, 4) is 16.9 Å². The summed E-state index contributed by atoms with van der Waals surface area (Å²) in [6.07, 6.45) is 1.82. The molecule has 0 aromatic heterocycles. The molecule has 4 rings (SSSR count). The summed E-state index contributed by atoms with van der Waals surface area (Å²) in [5, 5.41) is 2.96. The maximum Gasteiger partial charge on any atom is 0.121 e. The first-order chi connectivity index (χ1) is 15.4. The number of ether oxygens (including phenoxy) is 1. The minimum Gasteiger partial charge on any atom is -0.489 e. The Balaban J connectivity index is 2.05. The quantitative estimate of drug-likeness (QED) is 0.244. The zero-order chi connectivity index (χ0) is 23.0. The van der Waals surface area contributed by atoms with E-state index in [0.717, 1.165) is 27.9 Å². The molecule has 3 aromatic rings. The first-order valence-corrected chi connectivity index (χ1v) is 14.6. The fourth-order valence-electron chi connectivity index (χ4n) is 5.65. The minimum absolute atomic E-state index is 0.271. The van der Waals surface area contributed by atoms with Crippen molar-refractivity contribution in [3.05, 3.63) is 93.5 Å². The molecule has 0 amide bonds. The van der Waals surface area contributed by atoms with Gasteiger partial charge in [-0.25, -0.2) is 0 Å². The number of hydrogen-bond donors (Lipinski definition) is 0. The first-order valence-electron chi connectivity index (χ1n) is 11.3. The van der Waals surface area contributed by atoms with Crippen molar-refractivity contribution in [2.75, 3.05) is 6.61 Å². The van der Waals surface area contributed by atoms with Crippen LogP contribution in [0.3, 0.4) is 0 Å². The Morgan fingerprint density at radius 3 is 1.97 bits per heavy atom. The Morgan fingerprint density at radius 2 is 1.47 bits per heavy atom. The highest BCUT2D eigenvalue weighted by Gasteiger charge is 2.48. The molecule has 166 valence electrons. The summed E-state index contributed by atoms with van der Waals surface area (Å²) < 4.78 is 6.33. The third-order valence-corrected chi connectivity index (χ3v) is 13.2. The average Bonchev–Trinajstić information content (AvgIpc) is 3.07.